The zero-order chi connectivity index (χ0) is 23.9. The number of hydrogen-bond donors (Lipinski definition) is 3. The van der Waals surface area contributed by atoms with E-state index < -0.39 is 0 Å². The molecule has 1 aromatic heterocycles. The fourth-order valence-corrected chi connectivity index (χ4v) is 4.54. The number of hydrogen-bond acceptors (Lipinski definition) is 5. The van der Waals surface area contributed by atoms with Crippen molar-refractivity contribution in [3.63, 3.8) is 0 Å². The average molecular weight is 525 g/mol. The van der Waals surface area contributed by atoms with Gasteiger partial charge in [-0.1, -0.05) is 34.1 Å². The normalized spacial score (nSPS) is 11.4. The van der Waals surface area contributed by atoms with Gasteiger partial charge in [0.25, 0.3) is 0 Å². The summed E-state index contributed by atoms with van der Waals surface area (Å²) in [6.45, 7) is 3.86. The van der Waals surface area contributed by atoms with Crippen molar-refractivity contribution in [3.05, 3.63) is 59.1 Å². The molecule has 0 saturated carbocycles. The largest absolute Gasteiger partial charge is 0.493 e. The highest BCUT2D eigenvalue weighted by atomic mass is 79.9. The Kier molecular flexibility index (Phi) is 8.45. The van der Waals surface area contributed by atoms with Gasteiger partial charge in [-0.2, -0.15) is 0 Å². The van der Waals surface area contributed by atoms with E-state index >= 15 is 0 Å². The second-order valence-electron chi connectivity index (χ2n) is 8.36. The third kappa shape index (κ3) is 5.55. The van der Waals surface area contributed by atoms with Crippen molar-refractivity contribution in [1.29, 1.82) is 0 Å². The van der Waals surface area contributed by atoms with Crippen LogP contribution in [-0.2, 0) is 6.54 Å². The van der Waals surface area contributed by atoms with Gasteiger partial charge in [-0.05, 0) is 80.4 Å². The number of rotatable bonds is 12. The van der Waals surface area contributed by atoms with Crippen molar-refractivity contribution in [2.45, 2.75) is 25.8 Å². The van der Waals surface area contributed by atoms with Crippen LogP contribution in [-0.4, -0.2) is 37.4 Å². The van der Waals surface area contributed by atoms with Crippen LogP contribution in [0.1, 0.15) is 19.3 Å². The Morgan fingerprint density at radius 2 is 1.24 bits per heavy atom. The van der Waals surface area contributed by atoms with Gasteiger partial charge in [-0.25, -0.2) is 0 Å². The summed E-state index contributed by atoms with van der Waals surface area (Å²) in [5.41, 5.74) is 21.7. The number of ether oxygens (including phenoxy) is 2. The highest BCUT2D eigenvalue weighted by molar-refractivity contribution is 9.10. The summed E-state index contributed by atoms with van der Waals surface area (Å²) in [4.78, 5) is 0. The van der Waals surface area contributed by atoms with E-state index in [9.17, 15) is 0 Å². The topological polar surface area (TPSA) is 101 Å². The standard InChI is InChI=1S/C27H33BrN4O2/c28-21-5-7-25-24-6-4-19(16-26(24)32(11-1-8-29)27(25)17-21)20-14-22(33-12-2-9-30)18-23(15-20)34-13-3-10-31/h4-7,14-18H,1-3,8-13,29-31H2. The van der Waals surface area contributed by atoms with E-state index in [4.69, 9.17) is 26.7 Å². The van der Waals surface area contributed by atoms with Crippen molar-refractivity contribution in [3.8, 4) is 22.6 Å². The van der Waals surface area contributed by atoms with Crippen molar-refractivity contribution >= 4 is 37.7 Å². The van der Waals surface area contributed by atoms with Crippen molar-refractivity contribution in [2.24, 2.45) is 17.2 Å². The number of nitrogens with zero attached hydrogens (tertiary/aromatic N) is 1. The molecule has 0 radical (unpaired) electrons. The van der Waals surface area contributed by atoms with Gasteiger partial charge in [-0.3, -0.25) is 0 Å². The van der Waals surface area contributed by atoms with Gasteiger partial charge in [0.15, 0.2) is 0 Å². The lowest BCUT2D eigenvalue weighted by Gasteiger charge is -2.13. The summed E-state index contributed by atoms with van der Waals surface area (Å²) in [6.07, 6.45) is 2.52. The quantitative estimate of drug-likeness (QED) is 0.225. The lowest BCUT2D eigenvalue weighted by molar-refractivity contribution is 0.298. The molecule has 0 bridgehead atoms. The van der Waals surface area contributed by atoms with Crippen molar-refractivity contribution in [2.75, 3.05) is 32.8 Å². The first kappa shape index (κ1) is 24.5. The predicted octanol–water partition coefficient (Wildman–Crippen LogP) is 5.03. The zero-order valence-electron chi connectivity index (χ0n) is 19.4. The van der Waals surface area contributed by atoms with E-state index in [1.165, 1.54) is 21.8 Å². The van der Waals surface area contributed by atoms with Gasteiger partial charge in [0.2, 0.25) is 0 Å². The number of aryl methyl sites for hydroxylation is 1. The fraction of sp³-hybridized carbons (Fsp3) is 0.333. The molecule has 0 saturated heterocycles. The first-order chi connectivity index (χ1) is 16.6. The maximum Gasteiger partial charge on any atom is 0.123 e. The maximum atomic E-state index is 5.97. The van der Waals surface area contributed by atoms with E-state index in [2.05, 4.69) is 69.0 Å². The van der Waals surface area contributed by atoms with Crippen LogP contribution in [0.5, 0.6) is 11.5 Å². The lowest BCUT2D eigenvalue weighted by Crippen LogP contribution is -2.07. The molecule has 6 N–H and O–H groups in total. The summed E-state index contributed by atoms with van der Waals surface area (Å²) in [5, 5.41) is 2.48. The van der Waals surface area contributed by atoms with Crippen LogP contribution in [0, 0.1) is 0 Å². The molecule has 0 amide bonds. The third-order valence-electron chi connectivity index (χ3n) is 5.86. The van der Waals surface area contributed by atoms with Gasteiger partial charge in [0.1, 0.15) is 11.5 Å². The highest BCUT2D eigenvalue weighted by Gasteiger charge is 2.13. The minimum atomic E-state index is 0.573. The Labute approximate surface area is 209 Å². The lowest BCUT2D eigenvalue weighted by atomic mass is 10.0. The molecule has 6 nitrogen and oxygen atoms in total. The molecule has 0 fully saturated rings. The molecule has 1 heterocycles. The van der Waals surface area contributed by atoms with Gasteiger partial charge < -0.3 is 31.2 Å². The van der Waals surface area contributed by atoms with Crippen LogP contribution in [0.3, 0.4) is 0 Å². The van der Waals surface area contributed by atoms with E-state index in [0.29, 0.717) is 32.8 Å². The van der Waals surface area contributed by atoms with Gasteiger partial charge in [0.05, 0.1) is 18.7 Å². The minimum absolute atomic E-state index is 0.573. The van der Waals surface area contributed by atoms with Crippen LogP contribution < -0.4 is 26.7 Å². The molecule has 0 aliphatic heterocycles. The third-order valence-corrected chi connectivity index (χ3v) is 6.36. The Hall–Kier alpha value is -2.58. The number of benzene rings is 3. The molecule has 4 aromatic rings. The molecular formula is C27H33BrN4O2. The van der Waals surface area contributed by atoms with Gasteiger partial charge in [0, 0.05) is 33.4 Å². The second kappa shape index (κ2) is 11.7. The molecule has 0 atom stereocenters. The minimum Gasteiger partial charge on any atom is -0.493 e. The fourth-order valence-electron chi connectivity index (χ4n) is 4.19. The van der Waals surface area contributed by atoms with Gasteiger partial charge >= 0.3 is 0 Å². The van der Waals surface area contributed by atoms with E-state index in [1.807, 2.05) is 6.07 Å². The van der Waals surface area contributed by atoms with Crippen LogP contribution in [0.4, 0.5) is 0 Å². The van der Waals surface area contributed by atoms with Crippen LogP contribution in [0.25, 0.3) is 32.9 Å². The van der Waals surface area contributed by atoms with E-state index in [0.717, 1.165) is 52.9 Å². The predicted molar refractivity (Wildman–Crippen MR) is 145 cm³/mol. The number of aromatic nitrogens is 1. The van der Waals surface area contributed by atoms with Crippen molar-refractivity contribution < 1.29 is 9.47 Å². The summed E-state index contributed by atoms with van der Waals surface area (Å²) in [7, 11) is 0. The molecule has 4 rings (SSSR count). The molecule has 0 aliphatic carbocycles. The van der Waals surface area contributed by atoms with E-state index in [1.54, 1.807) is 0 Å². The smallest absolute Gasteiger partial charge is 0.123 e. The first-order valence-electron chi connectivity index (χ1n) is 11.9. The average Bonchev–Trinajstić information content (AvgIpc) is 3.14. The monoisotopic (exact) mass is 524 g/mol. The maximum absolute atomic E-state index is 5.97. The molecule has 180 valence electrons. The summed E-state index contributed by atoms with van der Waals surface area (Å²) in [5.74, 6) is 1.56. The van der Waals surface area contributed by atoms with Crippen LogP contribution in [0.15, 0.2) is 59.1 Å². The number of nitrogens with two attached hydrogens (primary N) is 3. The van der Waals surface area contributed by atoms with Crippen molar-refractivity contribution in [1.82, 2.24) is 4.57 Å². The summed E-state index contributed by atoms with van der Waals surface area (Å²) < 4.78 is 15.4. The first-order valence-corrected chi connectivity index (χ1v) is 12.7. The molecule has 0 spiro atoms. The van der Waals surface area contributed by atoms with Crippen LogP contribution >= 0.6 is 15.9 Å². The van der Waals surface area contributed by atoms with Crippen LogP contribution in [0.2, 0.25) is 0 Å². The summed E-state index contributed by atoms with van der Waals surface area (Å²) >= 11 is 3.63. The van der Waals surface area contributed by atoms with E-state index in [-0.39, 0.29) is 0 Å². The summed E-state index contributed by atoms with van der Waals surface area (Å²) in [6, 6.07) is 19.1. The molecular weight excluding hydrogens is 492 g/mol. The second-order valence-corrected chi connectivity index (χ2v) is 9.28. The molecule has 3 aromatic carbocycles. The Morgan fingerprint density at radius 1 is 0.647 bits per heavy atom. The Bertz CT molecular complexity index is 1230. The molecule has 0 unspecified atom stereocenters. The number of fused-ring (bicyclic) bond motifs is 3. The number of halogens is 1. The highest BCUT2D eigenvalue weighted by Crippen LogP contribution is 2.36. The Morgan fingerprint density at radius 3 is 1.85 bits per heavy atom. The molecule has 7 heteroatoms. The SMILES string of the molecule is NCCCOc1cc(OCCCN)cc(-c2ccc3c4ccc(Br)cc4n(CCCN)c3c2)c1. The molecule has 34 heavy (non-hydrogen) atoms. The Balaban J connectivity index is 1.79. The zero-order valence-corrected chi connectivity index (χ0v) is 21.0. The van der Waals surface area contributed by atoms with Gasteiger partial charge in [-0.15, -0.1) is 0 Å². The molecule has 0 aliphatic rings.